The van der Waals surface area contributed by atoms with E-state index in [4.69, 9.17) is 11.1 Å². The van der Waals surface area contributed by atoms with E-state index in [0.29, 0.717) is 15.2 Å². The van der Waals surface area contributed by atoms with Gasteiger partial charge in [0.1, 0.15) is 5.84 Å². The molecule has 0 unspecified atom stereocenters. The highest BCUT2D eigenvalue weighted by atomic mass is 79.9. The lowest BCUT2D eigenvalue weighted by Gasteiger charge is -2.07. The number of benzene rings is 1. The maximum absolute atomic E-state index is 11.3. The van der Waals surface area contributed by atoms with Crippen LogP contribution < -0.4 is 16.9 Å². The van der Waals surface area contributed by atoms with Gasteiger partial charge >= 0.3 is 11.1 Å². The quantitative estimate of drug-likeness (QED) is 0.424. The average molecular weight is 356 g/mol. The third-order valence-electron chi connectivity index (χ3n) is 2.39. The second kappa shape index (κ2) is 5.63. The fourth-order valence-corrected chi connectivity index (χ4v) is 3.01. The number of hydrogen-bond donors (Lipinski definition) is 3. The molecule has 0 spiro atoms. The Bertz CT molecular complexity index is 798. The molecule has 0 aliphatic rings. The summed E-state index contributed by atoms with van der Waals surface area (Å²) in [6, 6.07) is 5.21. The van der Waals surface area contributed by atoms with Crippen LogP contribution in [0.25, 0.3) is 0 Å². The minimum absolute atomic E-state index is 0.0389. The van der Waals surface area contributed by atoms with E-state index in [-0.39, 0.29) is 5.84 Å². The normalized spacial score (nSPS) is 10.5. The second-order valence-electron chi connectivity index (χ2n) is 3.86. The smallest absolute Gasteiger partial charge is 0.339 e. The summed E-state index contributed by atoms with van der Waals surface area (Å²) in [6.07, 6.45) is 0. The van der Waals surface area contributed by atoms with Gasteiger partial charge in [-0.1, -0.05) is 11.8 Å². The molecule has 1 aromatic carbocycles. The first-order chi connectivity index (χ1) is 9.38. The molecule has 0 fully saturated rings. The van der Waals surface area contributed by atoms with Gasteiger partial charge in [-0.3, -0.25) is 24.8 Å². The molecule has 20 heavy (non-hydrogen) atoms. The van der Waals surface area contributed by atoms with E-state index in [2.05, 4.69) is 26.0 Å². The van der Waals surface area contributed by atoms with Crippen LogP contribution in [0.5, 0.6) is 0 Å². The van der Waals surface area contributed by atoms with Gasteiger partial charge in [0.25, 0.3) is 0 Å². The monoisotopic (exact) mass is 355 g/mol. The summed E-state index contributed by atoms with van der Waals surface area (Å²) in [5, 5.41) is 10.1. The highest BCUT2D eigenvalue weighted by Crippen LogP contribution is 2.28. The van der Waals surface area contributed by atoms with Gasteiger partial charge in [0.2, 0.25) is 0 Å². The first kappa shape index (κ1) is 14.5. The predicted octanol–water partition coefficient (Wildman–Crippen LogP) is 0.666. The number of aromatic amines is 1. The number of halogens is 1. The number of hydrogen-bond acceptors (Lipinski definition) is 5. The molecule has 0 radical (unpaired) electrons. The molecule has 1 heterocycles. The standard InChI is InChI=1S/C11H10BrN5O2S/c1-17-11(15-9(18)10(19)16-17)20-5-2-3-6(8(13)14)7(12)4-5/h2-4H,1H3,(H3,13,14)(H,16,19). The Kier molecular flexibility index (Phi) is 4.09. The summed E-state index contributed by atoms with van der Waals surface area (Å²) in [5.41, 5.74) is 4.42. The second-order valence-corrected chi connectivity index (χ2v) is 5.75. The number of nitrogens with two attached hydrogens (primary N) is 1. The molecule has 2 rings (SSSR count). The van der Waals surface area contributed by atoms with Crippen LogP contribution in [0.15, 0.2) is 42.3 Å². The number of H-pyrrole nitrogens is 1. The van der Waals surface area contributed by atoms with Gasteiger partial charge in [0, 0.05) is 22.0 Å². The minimum Gasteiger partial charge on any atom is -0.384 e. The van der Waals surface area contributed by atoms with Crippen LogP contribution in [0.2, 0.25) is 0 Å². The third kappa shape index (κ3) is 2.99. The summed E-state index contributed by atoms with van der Waals surface area (Å²) in [7, 11) is 1.59. The number of aromatic nitrogens is 3. The summed E-state index contributed by atoms with van der Waals surface area (Å²) < 4.78 is 2.05. The van der Waals surface area contributed by atoms with Gasteiger partial charge in [-0.25, -0.2) is 0 Å². The van der Waals surface area contributed by atoms with E-state index in [9.17, 15) is 9.59 Å². The third-order valence-corrected chi connectivity index (χ3v) is 4.08. The Balaban J connectivity index is 2.38. The van der Waals surface area contributed by atoms with Crippen LogP contribution in [0, 0.1) is 5.41 Å². The fourth-order valence-electron chi connectivity index (χ4n) is 1.44. The molecular formula is C11H10BrN5O2S. The van der Waals surface area contributed by atoms with Crippen LogP contribution in [0.4, 0.5) is 0 Å². The molecule has 4 N–H and O–H groups in total. The molecular weight excluding hydrogens is 346 g/mol. The van der Waals surface area contributed by atoms with E-state index >= 15 is 0 Å². The first-order valence-corrected chi connectivity index (χ1v) is 6.98. The SMILES string of the molecule is Cn1[nH]c(=O)c(=O)nc1Sc1ccc(C(=N)N)c(Br)c1. The van der Waals surface area contributed by atoms with Crippen molar-refractivity contribution in [3.63, 3.8) is 0 Å². The molecule has 0 aliphatic heterocycles. The highest BCUT2D eigenvalue weighted by Gasteiger charge is 2.09. The van der Waals surface area contributed by atoms with Gasteiger partial charge in [-0.15, -0.1) is 0 Å². The largest absolute Gasteiger partial charge is 0.384 e. The summed E-state index contributed by atoms with van der Waals surface area (Å²) in [4.78, 5) is 26.9. The van der Waals surface area contributed by atoms with E-state index < -0.39 is 11.1 Å². The molecule has 0 saturated carbocycles. The Morgan fingerprint density at radius 2 is 2.20 bits per heavy atom. The van der Waals surface area contributed by atoms with Crippen LogP contribution in [0.3, 0.4) is 0 Å². The van der Waals surface area contributed by atoms with Crippen molar-refractivity contribution in [3.8, 4) is 0 Å². The topological polar surface area (TPSA) is 118 Å². The lowest BCUT2D eigenvalue weighted by molar-refractivity contribution is 0.596. The molecule has 0 bridgehead atoms. The zero-order chi connectivity index (χ0) is 14.9. The van der Waals surface area contributed by atoms with Crippen molar-refractivity contribution < 1.29 is 0 Å². The lowest BCUT2D eigenvalue weighted by Crippen LogP contribution is -2.33. The van der Waals surface area contributed by atoms with Crippen LogP contribution >= 0.6 is 27.7 Å². The average Bonchev–Trinajstić information content (AvgIpc) is 2.35. The van der Waals surface area contributed by atoms with E-state index in [0.717, 1.165) is 4.90 Å². The van der Waals surface area contributed by atoms with Crippen molar-refractivity contribution >= 4 is 33.5 Å². The Labute approximate surface area is 125 Å². The molecule has 0 atom stereocenters. The van der Waals surface area contributed by atoms with Crippen LogP contribution in [0.1, 0.15) is 5.56 Å². The van der Waals surface area contributed by atoms with Crippen LogP contribution in [-0.4, -0.2) is 20.6 Å². The van der Waals surface area contributed by atoms with Crippen molar-refractivity contribution in [1.82, 2.24) is 14.8 Å². The summed E-state index contributed by atoms with van der Waals surface area (Å²) in [6.45, 7) is 0. The zero-order valence-corrected chi connectivity index (χ0v) is 12.7. The van der Waals surface area contributed by atoms with Crippen molar-refractivity contribution in [2.45, 2.75) is 10.1 Å². The number of aryl methyl sites for hydroxylation is 1. The van der Waals surface area contributed by atoms with E-state index in [1.807, 2.05) is 0 Å². The maximum atomic E-state index is 11.3. The zero-order valence-electron chi connectivity index (χ0n) is 10.3. The first-order valence-electron chi connectivity index (χ1n) is 5.37. The number of amidine groups is 1. The molecule has 9 heteroatoms. The van der Waals surface area contributed by atoms with E-state index in [1.165, 1.54) is 16.4 Å². The van der Waals surface area contributed by atoms with Gasteiger partial charge in [0.15, 0.2) is 5.16 Å². The predicted molar refractivity (Wildman–Crippen MR) is 79.4 cm³/mol. The van der Waals surface area contributed by atoms with Crippen molar-refractivity contribution in [3.05, 3.63) is 48.9 Å². The van der Waals surface area contributed by atoms with Crippen molar-refractivity contribution in [2.24, 2.45) is 12.8 Å². The number of nitrogens with zero attached hydrogens (tertiary/aromatic N) is 2. The Hall–Kier alpha value is -1.87. The van der Waals surface area contributed by atoms with Gasteiger partial charge in [-0.2, -0.15) is 4.98 Å². The van der Waals surface area contributed by atoms with Gasteiger partial charge in [-0.05, 0) is 34.1 Å². The lowest BCUT2D eigenvalue weighted by atomic mass is 10.2. The van der Waals surface area contributed by atoms with E-state index in [1.54, 1.807) is 25.2 Å². The molecule has 0 saturated heterocycles. The molecule has 104 valence electrons. The molecule has 1 aromatic heterocycles. The van der Waals surface area contributed by atoms with Crippen molar-refractivity contribution in [1.29, 1.82) is 5.41 Å². The van der Waals surface area contributed by atoms with Crippen molar-refractivity contribution in [2.75, 3.05) is 0 Å². The number of nitrogens with one attached hydrogen (secondary N) is 2. The molecule has 0 amide bonds. The Morgan fingerprint density at radius 1 is 1.50 bits per heavy atom. The highest BCUT2D eigenvalue weighted by molar-refractivity contribution is 9.10. The fraction of sp³-hybridized carbons (Fsp3) is 0.0909. The molecule has 0 aliphatic carbocycles. The summed E-state index contributed by atoms with van der Waals surface area (Å²) >= 11 is 4.54. The maximum Gasteiger partial charge on any atom is 0.339 e. The van der Waals surface area contributed by atoms with Gasteiger partial charge in [0.05, 0.1) is 0 Å². The molecule has 2 aromatic rings. The van der Waals surface area contributed by atoms with Crippen LogP contribution in [-0.2, 0) is 7.05 Å². The number of nitrogen functional groups attached to an aromatic ring is 1. The molecule has 7 nitrogen and oxygen atoms in total. The number of rotatable bonds is 3. The van der Waals surface area contributed by atoms with Gasteiger partial charge < -0.3 is 5.73 Å². The minimum atomic E-state index is -0.829. The Morgan fingerprint density at radius 3 is 2.80 bits per heavy atom. The summed E-state index contributed by atoms with van der Waals surface area (Å²) in [5.74, 6) is -0.0389.